The minimum Gasteiger partial charge on any atom is -0.358 e. The number of nitrogens with one attached hydrogen (secondary N) is 1. The van der Waals surface area contributed by atoms with E-state index in [0.717, 1.165) is 43.0 Å². The molecular formula is C15H25N5O. The molecule has 1 aliphatic heterocycles. The van der Waals surface area contributed by atoms with Crippen LogP contribution in [0.25, 0.3) is 0 Å². The van der Waals surface area contributed by atoms with Crippen molar-refractivity contribution in [2.45, 2.75) is 32.4 Å². The molecule has 1 amide bonds. The summed E-state index contributed by atoms with van der Waals surface area (Å²) in [4.78, 5) is 25.0. The molecule has 2 heterocycles. The molecule has 1 saturated heterocycles. The van der Waals surface area contributed by atoms with Crippen LogP contribution in [0.15, 0.2) is 6.20 Å². The summed E-state index contributed by atoms with van der Waals surface area (Å²) in [6.07, 6.45) is 4.08. The zero-order chi connectivity index (χ0) is 15.4. The first kappa shape index (κ1) is 15.9. The highest BCUT2D eigenvalue weighted by atomic mass is 16.1. The fourth-order valence-corrected chi connectivity index (χ4v) is 2.85. The second-order valence-corrected chi connectivity index (χ2v) is 5.87. The molecule has 0 unspecified atom stereocenters. The first-order valence-corrected chi connectivity index (χ1v) is 7.43. The van der Waals surface area contributed by atoms with Crippen LogP contribution in [0.4, 0.5) is 0 Å². The minimum absolute atomic E-state index is 0.0573. The molecule has 0 radical (unpaired) electrons. The highest BCUT2D eigenvalue weighted by molar-refractivity contribution is 5.77. The Morgan fingerprint density at radius 3 is 2.95 bits per heavy atom. The van der Waals surface area contributed by atoms with Gasteiger partial charge in [-0.15, -0.1) is 0 Å². The van der Waals surface area contributed by atoms with Gasteiger partial charge in [-0.1, -0.05) is 0 Å². The number of likely N-dealkylation sites (tertiary alicyclic amines) is 1. The SMILES string of the molecule is CNC(=O)CN1CCC[C@@H]1c1nc(C)ncc1CN(C)C. The van der Waals surface area contributed by atoms with Crippen molar-refractivity contribution in [3.63, 3.8) is 0 Å². The van der Waals surface area contributed by atoms with Crippen LogP contribution in [0.1, 0.15) is 36.0 Å². The molecule has 2 rings (SSSR count). The second-order valence-electron chi connectivity index (χ2n) is 5.87. The van der Waals surface area contributed by atoms with Crippen molar-refractivity contribution in [3.8, 4) is 0 Å². The summed E-state index contributed by atoms with van der Waals surface area (Å²) in [5.74, 6) is 0.848. The number of rotatable bonds is 5. The standard InChI is InChI=1S/C15H25N5O/c1-11-17-8-12(9-19(3)4)15(18-11)13-6-5-7-20(13)10-14(21)16-2/h8,13H,5-7,9-10H2,1-4H3,(H,16,21)/t13-/m1/s1. The normalized spacial score (nSPS) is 19.2. The summed E-state index contributed by atoms with van der Waals surface area (Å²) in [6, 6.07) is 0.221. The number of hydrogen-bond acceptors (Lipinski definition) is 5. The van der Waals surface area contributed by atoms with E-state index in [2.05, 4.69) is 25.1 Å². The van der Waals surface area contributed by atoms with E-state index in [1.165, 1.54) is 0 Å². The van der Waals surface area contributed by atoms with E-state index in [-0.39, 0.29) is 11.9 Å². The van der Waals surface area contributed by atoms with E-state index in [4.69, 9.17) is 0 Å². The Morgan fingerprint density at radius 1 is 1.52 bits per heavy atom. The number of carbonyl (C=O) groups is 1. The van der Waals surface area contributed by atoms with Crippen molar-refractivity contribution in [1.29, 1.82) is 0 Å². The number of carbonyl (C=O) groups excluding carboxylic acids is 1. The number of hydrogen-bond donors (Lipinski definition) is 1. The van der Waals surface area contributed by atoms with Gasteiger partial charge in [-0.2, -0.15) is 0 Å². The van der Waals surface area contributed by atoms with Crippen LogP contribution in [0, 0.1) is 6.92 Å². The van der Waals surface area contributed by atoms with Crippen LogP contribution in [0.5, 0.6) is 0 Å². The number of nitrogens with zero attached hydrogens (tertiary/aromatic N) is 4. The maximum absolute atomic E-state index is 11.7. The average Bonchev–Trinajstić information content (AvgIpc) is 2.88. The van der Waals surface area contributed by atoms with Gasteiger partial charge in [-0.05, 0) is 40.4 Å². The predicted molar refractivity (Wildman–Crippen MR) is 81.8 cm³/mol. The summed E-state index contributed by atoms with van der Waals surface area (Å²) < 4.78 is 0. The monoisotopic (exact) mass is 291 g/mol. The maximum atomic E-state index is 11.7. The number of aryl methyl sites for hydroxylation is 1. The van der Waals surface area contributed by atoms with Crippen LogP contribution in [-0.4, -0.2) is 59.9 Å². The lowest BCUT2D eigenvalue weighted by molar-refractivity contribution is -0.122. The summed E-state index contributed by atoms with van der Waals surface area (Å²) in [5, 5.41) is 2.70. The van der Waals surface area contributed by atoms with Crippen molar-refractivity contribution in [3.05, 3.63) is 23.3 Å². The van der Waals surface area contributed by atoms with Gasteiger partial charge in [0.2, 0.25) is 5.91 Å². The van der Waals surface area contributed by atoms with Gasteiger partial charge < -0.3 is 10.2 Å². The van der Waals surface area contributed by atoms with Crippen LogP contribution in [0.2, 0.25) is 0 Å². The molecule has 1 aliphatic rings. The molecular weight excluding hydrogens is 266 g/mol. The van der Waals surface area contributed by atoms with Crippen molar-refractivity contribution < 1.29 is 4.79 Å². The fourth-order valence-electron chi connectivity index (χ4n) is 2.85. The fraction of sp³-hybridized carbons (Fsp3) is 0.667. The largest absolute Gasteiger partial charge is 0.358 e. The number of likely N-dealkylation sites (N-methyl/N-ethyl adjacent to an activating group) is 1. The zero-order valence-electron chi connectivity index (χ0n) is 13.4. The van der Waals surface area contributed by atoms with Gasteiger partial charge in [0.15, 0.2) is 0 Å². The summed E-state index contributed by atoms with van der Waals surface area (Å²) in [6.45, 7) is 4.12. The highest BCUT2D eigenvalue weighted by Crippen LogP contribution is 2.32. The predicted octanol–water partition coefficient (Wildman–Crippen LogP) is 0.730. The molecule has 0 saturated carbocycles. The molecule has 0 aliphatic carbocycles. The molecule has 0 bridgehead atoms. The molecule has 6 heteroatoms. The topological polar surface area (TPSA) is 61.4 Å². The number of aromatic nitrogens is 2. The van der Waals surface area contributed by atoms with Gasteiger partial charge in [-0.3, -0.25) is 9.69 Å². The summed E-state index contributed by atoms with van der Waals surface area (Å²) in [7, 11) is 5.76. The Morgan fingerprint density at radius 2 is 2.29 bits per heavy atom. The van der Waals surface area contributed by atoms with E-state index in [0.29, 0.717) is 6.54 Å². The van der Waals surface area contributed by atoms with E-state index in [1.54, 1.807) is 7.05 Å². The zero-order valence-corrected chi connectivity index (χ0v) is 13.4. The molecule has 1 N–H and O–H groups in total. The van der Waals surface area contributed by atoms with Crippen molar-refractivity contribution in [2.75, 3.05) is 34.2 Å². The Bertz CT molecular complexity index is 503. The van der Waals surface area contributed by atoms with E-state index >= 15 is 0 Å². The molecule has 1 aromatic heterocycles. The average molecular weight is 291 g/mol. The van der Waals surface area contributed by atoms with Gasteiger partial charge in [0.25, 0.3) is 0 Å². The van der Waals surface area contributed by atoms with Crippen LogP contribution >= 0.6 is 0 Å². The van der Waals surface area contributed by atoms with Gasteiger partial charge in [-0.25, -0.2) is 9.97 Å². The van der Waals surface area contributed by atoms with Crippen molar-refractivity contribution in [2.24, 2.45) is 0 Å². The smallest absolute Gasteiger partial charge is 0.233 e. The molecule has 21 heavy (non-hydrogen) atoms. The Balaban J connectivity index is 2.26. The van der Waals surface area contributed by atoms with Crippen LogP contribution in [0.3, 0.4) is 0 Å². The molecule has 0 aromatic carbocycles. The number of amides is 1. The van der Waals surface area contributed by atoms with Crippen molar-refractivity contribution >= 4 is 5.91 Å². The quantitative estimate of drug-likeness (QED) is 0.866. The van der Waals surface area contributed by atoms with Crippen LogP contribution < -0.4 is 5.32 Å². The molecule has 1 aromatic rings. The molecule has 0 spiro atoms. The Hall–Kier alpha value is -1.53. The van der Waals surface area contributed by atoms with E-state index in [9.17, 15) is 4.79 Å². The summed E-state index contributed by atoms with van der Waals surface area (Å²) in [5.41, 5.74) is 2.23. The van der Waals surface area contributed by atoms with Crippen molar-refractivity contribution in [1.82, 2.24) is 25.1 Å². The van der Waals surface area contributed by atoms with Gasteiger partial charge in [0.05, 0.1) is 18.3 Å². The lowest BCUT2D eigenvalue weighted by atomic mass is 10.1. The molecule has 6 nitrogen and oxygen atoms in total. The third-order valence-electron chi connectivity index (χ3n) is 3.81. The van der Waals surface area contributed by atoms with Gasteiger partial charge >= 0.3 is 0 Å². The first-order chi connectivity index (χ1) is 10.0. The molecule has 1 atom stereocenters. The van der Waals surface area contributed by atoms with Crippen LogP contribution in [-0.2, 0) is 11.3 Å². The third kappa shape index (κ3) is 3.98. The third-order valence-corrected chi connectivity index (χ3v) is 3.81. The lowest BCUT2D eigenvalue weighted by Gasteiger charge is -2.25. The Kier molecular flexibility index (Phi) is 5.25. The maximum Gasteiger partial charge on any atom is 0.233 e. The lowest BCUT2D eigenvalue weighted by Crippen LogP contribution is -2.36. The molecule has 116 valence electrons. The molecule has 1 fully saturated rings. The van der Waals surface area contributed by atoms with Gasteiger partial charge in [0, 0.05) is 25.4 Å². The second kappa shape index (κ2) is 6.95. The van der Waals surface area contributed by atoms with E-state index in [1.807, 2.05) is 27.2 Å². The minimum atomic E-state index is 0.0573. The van der Waals surface area contributed by atoms with E-state index < -0.39 is 0 Å². The summed E-state index contributed by atoms with van der Waals surface area (Å²) >= 11 is 0. The highest BCUT2D eigenvalue weighted by Gasteiger charge is 2.30. The first-order valence-electron chi connectivity index (χ1n) is 7.43. The van der Waals surface area contributed by atoms with Gasteiger partial charge in [0.1, 0.15) is 5.82 Å². The Labute approximate surface area is 126 Å².